The average molecular weight is 421 g/mol. The lowest BCUT2D eigenvalue weighted by atomic mass is 9.83. The van der Waals surface area contributed by atoms with Gasteiger partial charge < -0.3 is 0 Å². The largest absolute Gasteiger partial charge is 0.289 e. The molecule has 0 aliphatic carbocycles. The number of benzene rings is 2. The Hall–Kier alpha value is -1.93. The van der Waals surface area contributed by atoms with Crippen molar-refractivity contribution in [1.29, 1.82) is 0 Å². The molecule has 1 atom stereocenters. The third-order valence-electron chi connectivity index (χ3n) is 6.77. The number of allylic oxidation sites excluding steroid dienone is 1. The molecule has 3 aromatic rings. The topological polar surface area (TPSA) is 17.1 Å². The van der Waals surface area contributed by atoms with Crippen LogP contribution in [0.1, 0.15) is 71.8 Å². The van der Waals surface area contributed by atoms with Crippen LogP contribution in [0.5, 0.6) is 0 Å². The Bertz CT molecular complexity index is 1070. The van der Waals surface area contributed by atoms with Gasteiger partial charge in [0.2, 0.25) is 0 Å². The summed E-state index contributed by atoms with van der Waals surface area (Å²) in [5.74, 6) is 0.579. The van der Waals surface area contributed by atoms with Gasteiger partial charge in [0.15, 0.2) is 5.43 Å². The zero-order valence-electron chi connectivity index (χ0n) is 19.1. The van der Waals surface area contributed by atoms with Gasteiger partial charge in [-0.05, 0) is 66.8 Å². The molecule has 2 heteroatoms. The van der Waals surface area contributed by atoms with Crippen LogP contribution < -0.4 is 5.43 Å². The first kappa shape index (κ1) is 22.7. The molecule has 30 heavy (non-hydrogen) atoms. The van der Waals surface area contributed by atoms with Crippen molar-refractivity contribution in [3.8, 4) is 0 Å². The van der Waals surface area contributed by atoms with E-state index in [4.69, 9.17) is 0 Å². The molecule has 0 aliphatic heterocycles. The zero-order chi connectivity index (χ0) is 21.7. The molecule has 0 N–H and O–H groups in total. The minimum atomic E-state index is 0.148. The number of hydrogen-bond acceptors (Lipinski definition) is 2. The van der Waals surface area contributed by atoms with Gasteiger partial charge in [-0.2, -0.15) is 0 Å². The van der Waals surface area contributed by atoms with E-state index in [2.05, 4.69) is 46.4 Å². The van der Waals surface area contributed by atoms with Crippen molar-refractivity contribution in [3.05, 3.63) is 70.4 Å². The summed E-state index contributed by atoms with van der Waals surface area (Å²) in [7, 11) is 0. The number of hydrogen-bond donors (Lipinski definition) is 0. The lowest BCUT2D eigenvalue weighted by Gasteiger charge is -2.23. The highest BCUT2D eigenvalue weighted by Crippen LogP contribution is 2.29. The highest BCUT2D eigenvalue weighted by Gasteiger charge is 2.15. The van der Waals surface area contributed by atoms with Crippen molar-refractivity contribution in [2.24, 2.45) is 11.3 Å². The Morgan fingerprint density at radius 3 is 2.57 bits per heavy atom. The minimum absolute atomic E-state index is 0.148. The van der Waals surface area contributed by atoms with E-state index in [0.717, 1.165) is 33.0 Å². The van der Waals surface area contributed by atoms with Crippen molar-refractivity contribution in [2.45, 2.75) is 72.6 Å². The predicted molar refractivity (Wildman–Crippen MR) is 135 cm³/mol. The number of rotatable bonds is 10. The van der Waals surface area contributed by atoms with Crippen molar-refractivity contribution in [1.82, 2.24) is 0 Å². The second-order valence-corrected chi connectivity index (χ2v) is 10.7. The van der Waals surface area contributed by atoms with Crippen LogP contribution in [0.3, 0.4) is 0 Å². The van der Waals surface area contributed by atoms with E-state index in [-0.39, 0.29) is 5.43 Å². The van der Waals surface area contributed by atoms with Crippen molar-refractivity contribution < 1.29 is 0 Å². The fraction of sp³-hybridized carbons (Fsp3) is 0.464. The molecule has 1 unspecified atom stereocenters. The normalized spacial score (nSPS) is 13.1. The van der Waals surface area contributed by atoms with Crippen molar-refractivity contribution in [3.63, 3.8) is 0 Å². The fourth-order valence-corrected chi connectivity index (χ4v) is 5.12. The van der Waals surface area contributed by atoms with E-state index in [9.17, 15) is 4.79 Å². The molecule has 0 amide bonds. The van der Waals surface area contributed by atoms with Gasteiger partial charge in [-0.25, -0.2) is 0 Å². The van der Waals surface area contributed by atoms with Crippen LogP contribution in [0.2, 0.25) is 0 Å². The molecule has 2 aromatic carbocycles. The monoisotopic (exact) mass is 420 g/mol. The Morgan fingerprint density at radius 2 is 1.80 bits per heavy atom. The van der Waals surface area contributed by atoms with E-state index in [1.165, 1.54) is 43.2 Å². The SMILES string of the molecule is C=C(CCc1ccc2c(=O)c3ccccc3sc2c1)C(C)CCCCC(C)(C)CC. The molecule has 1 nitrogen and oxygen atoms in total. The quantitative estimate of drug-likeness (QED) is 0.182. The van der Waals surface area contributed by atoms with Crippen LogP contribution in [-0.2, 0) is 6.42 Å². The Kier molecular flexibility index (Phi) is 7.52. The smallest absolute Gasteiger partial charge is 0.195 e. The molecular formula is C28H36OS. The predicted octanol–water partition coefficient (Wildman–Crippen LogP) is 8.54. The highest BCUT2D eigenvalue weighted by molar-refractivity contribution is 7.24. The lowest BCUT2D eigenvalue weighted by molar-refractivity contribution is 0.305. The first-order valence-corrected chi connectivity index (χ1v) is 12.2. The number of aryl methyl sites for hydroxylation is 1. The summed E-state index contributed by atoms with van der Waals surface area (Å²) in [6.45, 7) is 13.7. The summed E-state index contributed by atoms with van der Waals surface area (Å²) in [5.41, 5.74) is 3.28. The molecule has 0 saturated carbocycles. The molecular weight excluding hydrogens is 384 g/mol. The van der Waals surface area contributed by atoms with Crippen LogP contribution >= 0.6 is 11.3 Å². The maximum Gasteiger partial charge on any atom is 0.195 e. The van der Waals surface area contributed by atoms with Crippen LogP contribution in [0.4, 0.5) is 0 Å². The lowest BCUT2D eigenvalue weighted by Crippen LogP contribution is -2.09. The molecule has 0 fully saturated rings. The third kappa shape index (κ3) is 5.60. The van der Waals surface area contributed by atoms with E-state index in [1.807, 2.05) is 30.3 Å². The molecule has 160 valence electrons. The molecule has 1 aromatic heterocycles. The molecule has 0 saturated heterocycles. The Labute approximate surface area is 185 Å². The van der Waals surface area contributed by atoms with Crippen LogP contribution in [0.25, 0.3) is 20.2 Å². The van der Waals surface area contributed by atoms with Crippen molar-refractivity contribution in [2.75, 3.05) is 0 Å². The van der Waals surface area contributed by atoms with Crippen LogP contribution in [0, 0.1) is 11.3 Å². The summed E-state index contributed by atoms with van der Waals surface area (Å²) in [4.78, 5) is 12.8. The minimum Gasteiger partial charge on any atom is -0.289 e. The van der Waals surface area contributed by atoms with Gasteiger partial charge in [0.25, 0.3) is 0 Å². The second kappa shape index (κ2) is 9.92. The summed E-state index contributed by atoms with van der Waals surface area (Å²) >= 11 is 1.71. The van der Waals surface area contributed by atoms with Gasteiger partial charge in [0.1, 0.15) is 0 Å². The molecule has 0 spiro atoms. The molecule has 0 aliphatic rings. The maximum atomic E-state index is 12.8. The molecule has 1 heterocycles. The number of unbranched alkanes of at least 4 members (excludes halogenated alkanes) is 1. The van der Waals surface area contributed by atoms with Gasteiger partial charge >= 0.3 is 0 Å². The van der Waals surface area contributed by atoms with E-state index < -0.39 is 0 Å². The number of fused-ring (bicyclic) bond motifs is 2. The first-order chi connectivity index (χ1) is 14.3. The molecule has 0 bridgehead atoms. The zero-order valence-corrected chi connectivity index (χ0v) is 19.9. The van der Waals surface area contributed by atoms with Crippen molar-refractivity contribution >= 4 is 31.5 Å². The van der Waals surface area contributed by atoms with Gasteiger partial charge in [-0.3, -0.25) is 4.79 Å². The van der Waals surface area contributed by atoms with Gasteiger partial charge in [0.05, 0.1) is 0 Å². The Morgan fingerprint density at radius 1 is 1.07 bits per heavy atom. The van der Waals surface area contributed by atoms with Gasteiger partial charge in [-0.15, -0.1) is 11.3 Å². The van der Waals surface area contributed by atoms with E-state index in [1.54, 1.807) is 11.3 Å². The van der Waals surface area contributed by atoms with Crippen LogP contribution in [-0.4, -0.2) is 0 Å². The van der Waals surface area contributed by atoms with E-state index in [0.29, 0.717) is 11.3 Å². The van der Waals surface area contributed by atoms with Crippen LogP contribution in [0.15, 0.2) is 59.4 Å². The Balaban J connectivity index is 1.58. The van der Waals surface area contributed by atoms with Gasteiger partial charge in [0, 0.05) is 20.2 Å². The first-order valence-electron chi connectivity index (χ1n) is 11.4. The van der Waals surface area contributed by atoms with E-state index >= 15 is 0 Å². The maximum absolute atomic E-state index is 12.8. The highest BCUT2D eigenvalue weighted by atomic mass is 32.1. The van der Waals surface area contributed by atoms with Gasteiger partial charge in [-0.1, -0.05) is 77.3 Å². The summed E-state index contributed by atoms with van der Waals surface area (Å²) < 4.78 is 2.16. The molecule has 3 rings (SSSR count). The summed E-state index contributed by atoms with van der Waals surface area (Å²) in [6.07, 6.45) is 8.44. The second-order valence-electron chi connectivity index (χ2n) is 9.58. The average Bonchev–Trinajstić information content (AvgIpc) is 2.75. The standard InChI is InChI=1S/C28H36OS/c1-6-28(4,5)18-10-9-11-20(2)21(3)14-15-22-16-17-24-26(19-22)30-25-13-8-7-12-23(25)27(24)29/h7-8,12-13,16-17,19-20H,3,6,9-11,14-15,18H2,1-2,4-5H3. The third-order valence-corrected chi connectivity index (χ3v) is 7.91. The summed E-state index contributed by atoms with van der Waals surface area (Å²) in [5, 5.41) is 1.66. The summed E-state index contributed by atoms with van der Waals surface area (Å²) in [6, 6.07) is 14.2. The fourth-order valence-electron chi connectivity index (χ4n) is 3.99. The molecule has 0 radical (unpaired) electrons.